The lowest BCUT2D eigenvalue weighted by atomic mass is 10.0. The summed E-state index contributed by atoms with van der Waals surface area (Å²) >= 11 is 0. The van der Waals surface area contributed by atoms with Crippen LogP contribution in [0.1, 0.15) is 102 Å². The Bertz CT molecular complexity index is 894. The number of hydrogen-bond donors (Lipinski definition) is 1. The van der Waals surface area contributed by atoms with Crippen molar-refractivity contribution in [2.24, 2.45) is 7.05 Å². The second kappa shape index (κ2) is 21.2. The lowest BCUT2D eigenvalue weighted by molar-refractivity contribution is -0.671. The molecular formula is C31H54N2O6P+. The third kappa shape index (κ3) is 16.7. The molecule has 1 unspecified atom stereocenters. The number of ether oxygens (including phenoxy) is 2. The van der Waals surface area contributed by atoms with E-state index in [2.05, 4.69) is 6.92 Å². The summed E-state index contributed by atoms with van der Waals surface area (Å²) in [5, 5.41) is 0. The number of benzene rings is 1. The van der Waals surface area contributed by atoms with E-state index in [0.717, 1.165) is 18.4 Å². The number of aryl methyl sites for hydroxylation is 1. The van der Waals surface area contributed by atoms with Crippen molar-refractivity contribution in [3.8, 4) is 5.75 Å². The number of imidazole rings is 1. The first-order chi connectivity index (χ1) is 19.4. The highest BCUT2D eigenvalue weighted by atomic mass is 31.2. The van der Waals surface area contributed by atoms with Gasteiger partial charge in [0.05, 0.1) is 13.7 Å². The smallest absolute Gasteiger partial charge is 0.426 e. The van der Waals surface area contributed by atoms with E-state index in [0.29, 0.717) is 19.8 Å². The molecule has 2 aromatic rings. The topological polar surface area (TPSA) is 89.0 Å². The maximum Gasteiger partial charge on any atom is 0.426 e. The molecule has 0 aliphatic carbocycles. The zero-order chi connectivity index (χ0) is 28.9. The third-order valence-corrected chi connectivity index (χ3v) is 7.93. The Kier molecular flexibility index (Phi) is 18.4. The Balaban J connectivity index is 1.50. The first-order valence-electron chi connectivity index (χ1n) is 15.3. The number of aromatic nitrogens is 2. The van der Waals surface area contributed by atoms with Crippen LogP contribution in [0.15, 0.2) is 43.0 Å². The minimum atomic E-state index is -4.30. The number of methoxy groups -OCH3 is 1. The van der Waals surface area contributed by atoms with Crippen LogP contribution in [-0.2, 0) is 27.6 Å². The van der Waals surface area contributed by atoms with Gasteiger partial charge in [0, 0.05) is 13.7 Å². The molecule has 0 fully saturated rings. The average Bonchev–Trinajstić information content (AvgIpc) is 3.34. The minimum absolute atomic E-state index is 0.0947. The molecule has 9 heteroatoms. The number of hydrogen-bond acceptors (Lipinski definition) is 6. The van der Waals surface area contributed by atoms with Crippen LogP contribution in [0.2, 0.25) is 0 Å². The molecule has 0 aliphatic rings. The van der Waals surface area contributed by atoms with Gasteiger partial charge in [0.2, 0.25) is 6.33 Å². The molecule has 0 spiro atoms. The molecule has 0 amide bonds. The molecule has 0 radical (unpaired) electrons. The number of rotatable bonds is 25. The predicted molar refractivity (Wildman–Crippen MR) is 159 cm³/mol. The van der Waals surface area contributed by atoms with Crippen LogP contribution in [0, 0.1) is 0 Å². The second-order valence-electron chi connectivity index (χ2n) is 10.8. The highest BCUT2D eigenvalue weighted by Gasteiger charge is 2.31. The van der Waals surface area contributed by atoms with Gasteiger partial charge in [0.1, 0.15) is 31.6 Å². The van der Waals surface area contributed by atoms with Gasteiger partial charge < -0.3 is 14.4 Å². The van der Waals surface area contributed by atoms with Gasteiger partial charge in [-0.15, -0.1) is 0 Å². The van der Waals surface area contributed by atoms with Gasteiger partial charge in [-0.1, -0.05) is 103 Å². The van der Waals surface area contributed by atoms with Crippen LogP contribution in [0.3, 0.4) is 0 Å². The van der Waals surface area contributed by atoms with Crippen LogP contribution in [0.25, 0.3) is 0 Å². The molecule has 0 saturated heterocycles. The molecule has 1 aromatic carbocycles. The van der Waals surface area contributed by atoms with Crippen LogP contribution in [0.5, 0.6) is 5.75 Å². The van der Waals surface area contributed by atoms with Crippen LogP contribution < -0.4 is 14.0 Å². The van der Waals surface area contributed by atoms with E-state index in [-0.39, 0.29) is 12.4 Å². The normalized spacial score (nSPS) is 13.8. The molecule has 1 N–H and O–H groups in total. The minimum Gasteiger partial charge on any atom is -0.598 e. The van der Waals surface area contributed by atoms with Crippen molar-refractivity contribution in [3.05, 3.63) is 48.5 Å². The van der Waals surface area contributed by atoms with Gasteiger partial charge in [0.15, 0.2) is 5.75 Å². The fourth-order valence-electron chi connectivity index (χ4n) is 4.64. The van der Waals surface area contributed by atoms with Crippen molar-refractivity contribution in [1.29, 1.82) is 0 Å². The van der Waals surface area contributed by atoms with E-state index in [1.54, 1.807) is 18.2 Å². The van der Waals surface area contributed by atoms with E-state index in [1.807, 2.05) is 41.0 Å². The molecule has 0 saturated carbocycles. The van der Waals surface area contributed by atoms with E-state index < -0.39 is 14.3 Å². The van der Waals surface area contributed by atoms with Crippen LogP contribution >= 0.6 is 8.17 Å². The number of nitrogens with zero attached hydrogens (tertiary/aromatic N) is 2. The summed E-state index contributed by atoms with van der Waals surface area (Å²) in [6, 6.07) is 7.10. The number of phosphoric acid groups is 1. The summed E-state index contributed by atoms with van der Waals surface area (Å²) in [7, 11) is -0.810. The summed E-state index contributed by atoms with van der Waals surface area (Å²) in [4.78, 5) is 22.7. The van der Waals surface area contributed by atoms with Gasteiger partial charge >= 0.3 is 8.17 Å². The first kappa shape index (κ1) is 34.7. The largest absolute Gasteiger partial charge is 0.598 e. The highest BCUT2D eigenvalue weighted by molar-refractivity contribution is 7.53. The zero-order valence-corrected chi connectivity index (χ0v) is 26.1. The fraction of sp³-hybridized carbons (Fsp3) is 0.710. The molecule has 228 valence electrons. The Hall–Kier alpha value is -1.54. The molecule has 1 aromatic heterocycles. The van der Waals surface area contributed by atoms with Gasteiger partial charge in [-0.3, -0.25) is 4.52 Å². The molecule has 2 atom stereocenters. The predicted octanol–water partition coefficient (Wildman–Crippen LogP) is 6.30. The van der Waals surface area contributed by atoms with Crippen molar-refractivity contribution >= 4 is 8.17 Å². The maximum absolute atomic E-state index is 12.5. The monoisotopic (exact) mass is 581 g/mol. The van der Waals surface area contributed by atoms with Crippen molar-refractivity contribution in [2.45, 2.75) is 109 Å². The second-order valence-corrected chi connectivity index (χ2v) is 12.2. The molecule has 2 rings (SSSR count). The quantitative estimate of drug-likeness (QED) is 0.0841. The summed E-state index contributed by atoms with van der Waals surface area (Å²) in [5.74, 6) is 0.280. The molecule has 40 heavy (non-hydrogen) atoms. The van der Waals surface area contributed by atoms with Crippen LogP contribution in [0.4, 0.5) is 0 Å². The third-order valence-electron chi connectivity index (χ3n) is 7.01. The van der Waals surface area contributed by atoms with E-state index in [9.17, 15) is 9.79 Å². The molecule has 0 bridgehead atoms. The van der Waals surface area contributed by atoms with Gasteiger partial charge in [-0.2, -0.15) is 9.42 Å². The van der Waals surface area contributed by atoms with Crippen molar-refractivity contribution in [2.75, 3.05) is 26.9 Å². The molecule has 8 nitrogen and oxygen atoms in total. The molecule has 0 aliphatic heterocycles. The van der Waals surface area contributed by atoms with E-state index in [1.165, 1.54) is 84.2 Å². The summed E-state index contributed by atoms with van der Waals surface area (Å²) in [6.07, 6.45) is 23.9. The Morgan fingerprint density at radius 2 is 1.55 bits per heavy atom. The Labute approximate surface area is 243 Å². The standard InChI is InChI=1S/C31H53N2O6P/c1-4-5-6-7-8-9-10-11-12-13-14-15-16-17-23-37-26-31(36-3)27-38-40(34,35)39-30-20-18-19-29(24-30)25-33-22-21-32(2)28-33/h18-22,24,28,31H,4-17,23,25-27H2,1-3H3/p+1/t31-/m1/s1. The fourth-order valence-corrected chi connectivity index (χ4v) is 5.43. The summed E-state index contributed by atoms with van der Waals surface area (Å²) in [5.41, 5.74) is 0.945. The summed E-state index contributed by atoms with van der Waals surface area (Å²) < 4.78 is 25.6. The van der Waals surface area contributed by atoms with Gasteiger partial charge in [-0.05, 0) is 24.1 Å². The lowest BCUT2D eigenvalue weighted by Crippen LogP contribution is -2.28. The van der Waals surface area contributed by atoms with Gasteiger partial charge in [-0.25, -0.2) is 9.13 Å². The average molecular weight is 582 g/mol. The number of unbranched alkanes of at least 4 members (excludes halogenated alkanes) is 13. The Morgan fingerprint density at radius 3 is 2.12 bits per heavy atom. The molecule has 1 heterocycles. The first-order valence-corrected chi connectivity index (χ1v) is 16.8. The van der Waals surface area contributed by atoms with E-state index in [4.69, 9.17) is 18.5 Å². The SMILES string of the molecule is CCCCCCCCCCCCCCCCOC[C@H](CO[P+]([O-])(O)Oc1cccc(Cn2cc[n+](C)c2)c1)OC. The maximum atomic E-state index is 12.5. The van der Waals surface area contributed by atoms with Crippen molar-refractivity contribution < 1.29 is 32.9 Å². The molecular weight excluding hydrogens is 527 g/mol. The van der Waals surface area contributed by atoms with Gasteiger partial charge in [0.25, 0.3) is 0 Å². The highest BCUT2D eigenvalue weighted by Crippen LogP contribution is 2.47. The Morgan fingerprint density at radius 1 is 0.925 bits per heavy atom. The zero-order valence-electron chi connectivity index (χ0n) is 25.2. The van der Waals surface area contributed by atoms with E-state index >= 15 is 0 Å². The number of phosphoric ester groups is 1. The van der Waals surface area contributed by atoms with Crippen molar-refractivity contribution in [1.82, 2.24) is 4.57 Å². The lowest BCUT2D eigenvalue weighted by Gasteiger charge is -2.22. The van der Waals surface area contributed by atoms with Crippen molar-refractivity contribution in [3.63, 3.8) is 0 Å². The summed E-state index contributed by atoms with van der Waals surface area (Å²) in [6.45, 7) is 3.75. The van der Waals surface area contributed by atoms with Crippen LogP contribution in [-0.4, -0.2) is 42.5 Å².